The highest BCUT2D eigenvalue weighted by molar-refractivity contribution is 5.88. The predicted molar refractivity (Wildman–Crippen MR) is 60.2 cm³/mol. The van der Waals surface area contributed by atoms with Crippen LogP contribution < -0.4 is 4.74 Å². The molecule has 6 nitrogen and oxygen atoms in total. The van der Waals surface area contributed by atoms with Gasteiger partial charge in [-0.1, -0.05) is 0 Å². The van der Waals surface area contributed by atoms with Crippen LogP contribution in [0.5, 0.6) is 11.5 Å². The highest BCUT2D eigenvalue weighted by Crippen LogP contribution is 2.25. The molecule has 2 rings (SSSR count). The normalized spacial score (nSPS) is 9.50. The summed E-state index contributed by atoms with van der Waals surface area (Å²) >= 11 is 0. The molecule has 0 unspecified atom stereocenters. The van der Waals surface area contributed by atoms with Gasteiger partial charge in [0.05, 0.1) is 11.8 Å². The number of nitrogens with zero attached hydrogens (tertiary/aromatic N) is 3. The zero-order chi connectivity index (χ0) is 13.0. The highest BCUT2D eigenvalue weighted by Gasteiger charge is 2.14. The van der Waals surface area contributed by atoms with Gasteiger partial charge in [-0.2, -0.15) is 5.26 Å². The lowest BCUT2D eigenvalue weighted by atomic mass is 10.2. The first-order chi connectivity index (χ1) is 8.72. The fraction of sp³-hybridized carbons (Fsp3) is 0. The molecule has 0 fully saturated rings. The highest BCUT2D eigenvalue weighted by atomic mass is 16.5. The summed E-state index contributed by atoms with van der Waals surface area (Å²) in [5.41, 5.74) is 0.0513. The second kappa shape index (κ2) is 4.93. The van der Waals surface area contributed by atoms with Gasteiger partial charge < -0.3 is 9.84 Å². The number of hydrogen-bond donors (Lipinski definition) is 1. The Labute approximate surface area is 102 Å². The molecule has 2 heterocycles. The lowest BCUT2D eigenvalue weighted by Gasteiger charge is -2.08. The van der Waals surface area contributed by atoms with Crippen LogP contribution in [-0.2, 0) is 0 Å². The molecule has 0 spiro atoms. The van der Waals surface area contributed by atoms with Gasteiger partial charge in [0, 0.05) is 12.4 Å². The van der Waals surface area contributed by atoms with Gasteiger partial charge in [0.1, 0.15) is 6.07 Å². The first kappa shape index (κ1) is 11.5. The average Bonchev–Trinajstić information content (AvgIpc) is 2.40. The molecule has 0 bridgehead atoms. The van der Waals surface area contributed by atoms with E-state index in [0.29, 0.717) is 0 Å². The zero-order valence-corrected chi connectivity index (χ0v) is 9.07. The van der Waals surface area contributed by atoms with E-state index in [4.69, 9.17) is 15.1 Å². The molecule has 18 heavy (non-hydrogen) atoms. The van der Waals surface area contributed by atoms with Crippen LogP contribution >= 0.6 is 0 Å². The Kier molecular flexibility index (Phi) is 3.16. The summed E-state index contributed by atoms with van der Waals surface area (Å²) in [4.78, 5) is 18.5. The maximum absolute atomic E-state index is 10.9. The largest absolute Gasteiger partial charge is 0.476 e. The van der Waals surface area contributed by atoms with Crippen LogP contribution in [0.25, 0.3) is 0 Å². The van der Waals surface area contributed by atoms with Gasteiger partial charge in [0.2, 0.25) is 0 Å². The lowest BCUT2D eigenvalue weighted by molar-refractivity contribution is 0.0687. The van der Waals surface area contributed by atoms with Crippen LogP contribution in [0.4, 0.5) is 0 Å². The van der Waals surface area contributed by atoms with Crippen molar-refractivity contribution in [2.75, 3.05) is 0 Å². The number of aromatic nitrogens is 2. The number of carbonyl (C=O) groups is 1. The Hall–Kier alpha value is -2.94. The Balaban J connectivity index is 2.41. The van der Waals surface area contributed by atoms with Crippen molar-refractivity contribution in [3.8, 4) is 17.6 Å². The molecule has 88 valence electrons. The third-order valence-electron chi connectivity index (χ3n) is 2.10. The standard InChI is InChI=1S/C12H7N3O3/c13-6-8-3-5-14-7-10(8)18-9-2-1-4-15-11(9)12(16)17/h1-5,7H,(H,16,17). The van der Waals surface area contributed by atoms with Crippen LogP contribution in [0.1, 0.15) is 16.1 Å². The first-order valence-corrected chi connectivity index (χ1v) is 4.92. The Morgan fingerprint density at radius 2 is 2.17 bits per heavy atom. The van der Waals surface area contributed by atoms with Crippen LogP contribution in [-0.4, -0.2) is 21.0 Å². The van der Waals surface area contributed by atoms with Crippen LogP contribution in [0, 0.1) is 11.3 Å². The van der Waals surface area contributed by atoms with Crippen molar-refractivity contribution in [3.05, 3.63) is 48.0 Å². The zero-order valence-electron chi connectivity index (χ0n) is 9.07. The third-order valence-corrected chi connectivity index (χ3v) is 2.10. The van der Waals surface area contributed by atoms with Gasteiger partial charge in [-0.3, -0.25) is 4.98 Å². The minimum absolute atomic E-state index is 0.0644. The average molecular weight is 241 g/mol. The fourth-order valence-corrected chi connectivity index (χ4v) is 1.31. The van der Waals surface area contributed by atoms with E-state index < -0.39 is 5.97 Å². The quantitative estimate of drug-likeness (QED) is 0.880. The number of hydrogen-bond acceptors (Lipinski definition) is 5. The topological polar surface area (TPSA) is 96.1 Å². The molecule has 0 aliphatic carbocycles. The summed E-state index contributed by atoms with van der Waals surface area (Å²) < 4.78 is 5.36. The van der Waals surface area contributed by atoms with Gasteiger partial charge in [-0.15, -0.1) is 0 Å². The summed E-state index contributed by atoms with van der Waals surface area (Å²) in [6, 6.07) is 6.42. The van der Waals surface area contributed by atoms with Crippen molar-refractivity contribution in [1.82, 2.24) is 9.97 Å². The maximum Gasteiger partial charge on any atom is 0.358 e. The van der Waals surface area contributed by atoms with E-state index in [-0.39, 0.29) is 22.8 Å². The predicted octanol–water partition coefficient (Wildman–Crippen LogP) is 1.84. The van der Waals surface area contributed by atoms with Crippen molar-refractivity contribution in [2.45, 2.75) is 0 Å². The van der Waals surface area contributed by atoms with E-state index in [9.17, 15) is 4.79 Å². The number of rotatable bonds is 3. The molecule has 0 saturated heterocycles. The van der Waals surface area contributed by atoms with E-state index in [0.717, 1.165) is 0 Å². The molecule has 0 radical (unpaired) electrons. The van der Waals surface area contributed by atoms with Crippen molar-refractivity contribution in [2.24, 2.45) is 0 Å². The van der Waals surface area contributed by atoms with Crippen LogP contribution in [0.15, 0.2) is 36.8 Å². The molecule has 0 aromatic carbocycles. The first-order valence-electron chi connectivity index (χ1n) is 4.92. The number of carboxylic acid groups (broad SMARTS) is 1. The Morgan fingerprint density at radius 1 is 1.33 bits per heavy atom. The van der Waals surface area contributed by atoms with Gasteiger partial charge in [0.25, 0.3) is 0 Å². The van der Waals surface area contributed by atoms with E-state index >= 15 is 0 Å². The molecule has 0 atom stereocenters. The fourth-order valence-electron chi connectivity index (χ4n) is 1.31. The molecule has 0 amide bonds. The van der Waals surface area contributed by atoms with E-state index in [1.54, 1.807) is 6.07 Å². The SMILES string of the molecule is N#Cc1ccncc1Oc1cccnc1C(=O)O. The molecule has 2 aromatic heterocycles. The van der Waals surface area contributed by atoms with Crippen molar-refractivity contribution in [3.63, 3.8) is 0 Å². The Bertz CT molecular complexity index is 634. The minimum atomic E-state index is -1.20. The second-order valence-electron chi connectivity index (χ2n) is 3.24. The van der Waals surface area contributed by atoms with Crippen molar-refractivity contribution in [1.29, 1.82) is 5.26 Å². The summed E-state index contributed by atoms with van der Waals surface area (Å²) in [5, 5.41) is 17.8. The van der Waals surface area contributed by atoms with Gasteiger partial charge in [-0.05, 0) is 18.2 Å². The molecule has 0 saturated carbocycles. The lowest BCUT2D eigenvalue weighted by Crippen LogP contribution is -2.03. The maximum atomic E-state index is 10.9. The van der Waals surface area contributed by atoms with Gasteiger partial charge in [-0.25, -0.2) is 9.78 Å². The smallest absolute Gasteiger partial charge is 0.358 e. The van der Waals surface area contributed by atoms with Crippen molar-refractivity contribution >= 4 is 5.97 Å². The molecule has 1 N–H and O–H groups in total. The summed E-state index contributed by atoms with van der Waals surface area (Å²) in [5.74, 6) is -0.946. The Morgan fingerprint density at radius 3 is 2.89 bits per heavy atom. The third kappa shape index (κ3) is 2.25. The summed E-state index contributed by atoms with van der Waals surface area (Å²) in [7, 11) is 0. The van der Waals surface area contributed by atoms with E-state index in [1.807, 2.05) is 6.07 Å². The molecule has 2 aromatic rings. The molecule has 0 aliphatic heterocycles. The van der Waals surface area contributed by atoms with Crippen LogP contribution in [0.3, 0.4) is 0 Å². The molecule has 0 aliphatic rings. The number of pyridine rings is 2. The number of nitriles is 1. The number of aromatic carboxylic acids is 1. The minimum Gasteiger partial charge on any atom is -0.476 e. The van der Waals surface area contributed by atoms with E-state index in [1.165, 1.54) is 30.7 Å². The van der Waals surface area contributed by atoms with Crippen molar-refractivity contribution < 1.29 is 14.6 Å². The molecule has 6 heteroatoms. The molecular weight excluding hydrogens is 234 g/mol. The van der Waals surface area contributed by atoms with Gasteiger partial charge >= 0.3 is 5.97 Å². The number of ether oxygens (including phenoxy) is 1. The summed E-state index contributed by atoms with van der Waals surface area (Å²) in [6.07, 6.45) is 4.15. The van der Waals surface area contributed by atoms with Gasteiger partial charge in [0.15, 0.2) is 17.2 Å². The number of carboxylic acids is 1. The van der Waals surface area contributed by atoms with Crippen LogP contribution in [0.2, 0.25) is 0 Å². The molecular formula is C12H7N3O3. The monoisotopic (exact) mass is 241 g/mol. The second-order valence-corrected chi connectivity index (χ2v) is 3.24. The summed E-state index contributed by atoms with van der Waals surface area (Å²) in [6.45, 7) is 0. The van der Waals surface area contributed by atoms with E-state index in [2.05, 4.69) is 9.97 Å².